The Labute approximate surface area is 348 Å². The number of nitrogens with two attached hydrogens (primary N) is 2. The van der Waals surface area contributed by atoms with Crippen molar-refractivity contribution in [3.05, 3.63) is 160 Å². The van der Waals surface area contributed by atoms with Crippen LogP contribution in [0.1, 0.15) is 54.5 Å². The van der Waals surface area contributed by atoms with Crippen LogP contribution >= 0.6 is 0 Å². The van der Waals surface area contributed by atoms with E-state index in [0.29, 0.717) is 52.8 Å². The maximum absolute atomic E-state index is 13.8. The molecule has 0 aliphatic heterocycles. The largest absolute Gasteiger partial charge is 0.491 e. The van der Waals surface area contributed by atoms with Crippen molar-refractivity contribution in [3.8, 4) is 17.6 Å². The van der Waals surface area contributed by atoms with Gasteiger partial charge >= 0.3 is 6.18 Å². The first kappa shape index (κ1) is 41.4. The van der Waals surface area contributed by atoms with Gasteiger partial charge in [0.05, 0.1) is 24.3 Å². The lowest BCUT2D eigenvalue weighted by atomic mass is 10.1. The van der Waals surface area contributed by atoms with Gasteiger partial charge in [-0.1, -0.05) is 72.8 Å². The second-order valence-electron chi connectivity index (χ2n) is 14.1. The van der Waals surface area contributed by atoms with Gasteiger partial charge in [0.25, 0.3) is 0 Å². The van der Waals surface area contributed by atoms with Gasteiger partial charge in [0, 0.05) is 51.9 Å². The zero-order chi connectivity index (χ0) is 43.4. The topological polar surface area (TPSA) is 181 Å². The van der Waals surface area contributed by atoms with E-state index < -0.39 is 23.7 Å². The lowest BCUT2D eigenvalue weighted by Gasteiger charge is -2.17. The number of amides is 2. The Morgan fingerprint density at radius 2 is 1.13 bits per heavy atom. The van der Waals surface area contributed by atoms with Gasteiger partial charge in [0.2, 0.25) is 23.7 Å². The summed E-state index contributed by atoms with van der Waals surface area (Å²) in [5, 5.41) is 7.62. The van der Waals surface area contributed by atoms with Crippen LogP contribution < -0.4 is 26.8 Å². The number of fused-ring (bicyclic) bond motifs is 2. The molecule has 4 aromatic carbocycles. The lowest BCUT2D eigenvalue weighted by Crippen LogP contribution is -2.18. The van der Waals surface area contributed by atoms with E-state index >= 15 is 0 Å². The fourth-order valence-electron chi connectivity index (χ4n) is 7.05. The Morgan fingerprint density at radius 3 is 1.61 bits per heavy atom. The van der Waals surface area contributed by atoms with Crippen LogP contribution in [0.4, 0.5) is 24.8 Å². The summed E-state index contributed by atoms with van der Waals surface area (Å²) < 4.78 is 50.2. The minimum Gasteiger partial charge on any atom is -0.491 e. The second kappa shape index (κ2) is 17.2. The van der Waals surface area contributed by atoms with E-state index in [4.69, 9.17) is 16.2 Å². The van der Waals surface area contributed by atoms with E-state index in [1.807, 2.05) is 84.3 Å². The third-order valence-corrected chi connectivity index (χ3v) is 9.96. The number of benzene rings is 4. The van der Waals surface area contributed by atoms with Crippen LogP contribution in [0.2, 0.25) is 0 Å². The first-order chi connectivity index (χ1) is 29.2. The van der Waals surface area contributed by atoms with Gasteiger partial charge in [-0.05, 0) is 68.3 Å². The van der Waals surface area contributed by atoms with E-state index in [-0.39, 0.29) is 22.9 Å². The van der Waals surface area contributed by atoms with Gasteiger partial charge in [-0.2, -0.15) is 23.1 Å². The summed E-state index contributed by atoms with van der Waals surface area (Å²) in [6.45, 7) is 5.89. The number of ether oxygens (including phenoxy) is 1. The number of methoxy groups -OCH3 is 1. The fourth-order valence-corrected chi connectivity index (χ4v) is 7.05. The van der Waals surface area contributed by atoms with Gasteiger partial charge < -0.3 is 26.8 Å². The Kier molecular flexibility index (Phi) is 11.7. The van der Waals surface area contributed by atoms with E-state index in [1.54, 1.807) is 56.6 Å². The molecule has 0 atom stereocenters. The van der Waals surface area contributed by atoms with Crippen molar-refractivity contribution >= 4 is 45.3 Å². The minimum absolute atomic E-state index is 0.0819. The predicted molar refractivity (Wildman–Crippen MR) is 228 cm³/mol. The number of hydrogen-bond acceptors (Lipinski definition) is 9. The molecule has 61 heavy (non-hydrogen) atoms. The van der Waals surface area contributed by atoms with Crippen LogP contribution in [0.5, 0.6) is 5.75 Å². The molecule has 0 bridgehead atoms. The fraction of sp³-hybridized carbons (Fsp3) is 0.156. The summed E-state index contributed by atoms with van der Waals surface area (Å²) in [5.74, 6) is 0.472. The number of anilines is 2. The Bertz CT molecular complexity index is 2890. The molecule has 0 spiro atoms. The number of carbonyl (C=O) groups excluding carboxylic acids is 2. The van der Waals surface area contributed by atoms with Crippen molar-refractivity contribution in [2.24, 2.45) is 11.5 Å². The molecule has 4 aromatic heterocycles. The molecule has 8 aromatic rings. The van der Waals surface area contributed by atoms with Gasteiger partial charge in [-0.3, -0.25) is 18.7 Å². The van der Waals surface area contributed by atoms with Gasteiger partial charge in [0.1, 0.15) is 5.82 Å². The van der Waals surface area contributed by atoms with Gasteiger partial charge in [-0.15, -0.1) is 0 Å². The molecule has 0 unspecified atom stereocenters. The molecule has 0 saturated carbocycles. The van der Waals surface area contributed by atoms with Gasteiger partial charge in [-0.25, -0.2) is 9.97 Å². The molecule has 2 amide bonds. The molecule has 6 N–H and O–H groups in total. The Balaban J connectivity index is 0.000000185. The number of aromatic nitrogens is 6. The highest BCUT2D eigenvalue weighted by Gasteiger charge is 2.37. The molecule has 0 aliphatic rings. The molecular weight excluding hydrogens is 786 g/mol. The number of hydrogen-bond donors (Lipinski definition) is 4. The molecule has 0 saturated heterocycles. The summed E-state index contributed by atoms with van der Waals surface area (Å²) in [5.41, 5.74) is 15.4. The van der Waals surface area contributed by atoms with E-state index in [9.17, 15) is 22.8 Å². The van der Waals surface area contributed by atoms with E-state index in [0.717, 1.165) is 27.7 Å². The maximum Gasteiger partial charge on any atom is 0.433 e. The summed E-state index contributed by atoms with van der Waals surface area (Å²) in [7, 11) is 1.58. The molecule has 0 radical (unpaired) electrons. The molecule has 4 heterocycles. The van der Waals surface area contributed by atoms with Crippen LogP contribution in [0.25, 0.3) is 33.7 Å². The molecule has 8 rings (SSSR count). The number of nitrogens with one attached hydrogen (secondary N) is 2. The van der Waals surface area contributed by atoms with Crippen LogP contribution in [0, 0.1) is 20.8 Å². The number of halogens is 3. The Hall–Kier alpha value is -7.75. The molecule has 16 heteroatoms. The summed E-state index contributed by atoms with van der Waals surface area (Å²) in [6.07, 6.45) is -3.03. The van der Waals surface area contributed by atoms with Crippen molar-refractivity contribution in [1.29, 1.82) is 0 Å². The van der Waals surface area contributed by atoms with Crippen LogP contribution in [0.15, 0.2) is 115 Å². The highest BCUT2D eigenvalue weighted by Crippen LogP contribution is 2.35. The number of rotatable bonds is 11. The monoisotopic (exact) mass is 826 g/mol. The molecule has 13 nitrogen and oxygen atoms in total. The normalized spacial score (nSPS) is 11.3. The highest BCUT2D eigenvalue weighted by atomic mass is 19.4. The highest BCUT2D eigenvalue weighted by molar-refractivity contribution is 6.07. The smallest absolute Gasteiger partial charge is 0.433 e. The SMILES string of the molecule is COc1cnc(-n2c(C)cc3c(C(N)=O)cccc32)nc1NCc1ccccc1.Cc1c(NCc2ccccc2)nc(-n2c(C)cc3c(C(N)=O)cccc32)nc1C(F)(F)F. The van der Waals surface area contributed by atoms with Crippen molar-refractivity contribution in [1.82, 2.24) is 29.1 Å². The first-order valence-corrected chi connectivity index (χ1v) is 19.0. The zero-order valence-corrected chi connectivity index (χ0v) is 33.6. The van der Waals surface area contributed by atoms with Gasteiger partial charge in [0.15, 0.2) is 17.3 Å². The van der Waals surface area contributed by atoms with Crippen LogP contribution in [-0.2, 0) is 19.3 Å². The van der Waals surface area contributed by atoms with Crippen molar-refractivity contribution in [2.75, 3.05) is 17.7 Å². The van der Waals surface area contributed by atoms with Crippen molar-refractivity contribution in [3.63, 3.8) is 0 Å². The Morgan fingerprint density at radius 1 is 0.656 bits per heavy atom. The third-order valence-electron chi connectivity index (χ3n) is 9.96. The maximum atomic E-state index is 13.8. The average molecular weight is 827 g/mol. The predicted octanol–water partition coefficient (Wildman–Crippen LogP) is 8.22. The standard InChI is InChI=1S/C23H20F3N5O.C22H21N5O2/c1-13-11-17-16(20(27)32)9-6-10-18(17)31(13)22-29-19(23(24,25)26)14(2)21(30-22)28-12-15-7-4-3-5-8-15;1-14-11-17-16(20(23)28)9-6-10-18(17)27(14)22-25-13-19(29-2)21(26-22)24-12-15-7-4-3-5-8-15/h3-11H,12H2,1-2H3,(H2,27,32)(H,28,29,30);3-11,13H,12H2,1-2H3,(H2,23,28)(H,24,25,26). The molecular formula is C45H41F3N10O3. The first-order valence-electron chi connectivity index (χ1n) is 19.0. The number of primary amides is 2. The van der Waals surface area contributed by atoms with Crippen molar-refractivity contribution in [2.45, 2.75) is 40.0 Å². The minimum atomic E-state index is -4.67. The number of carbonyl (C=O) groups is 2. The second-order valence-corrected chi connectivity index (χ2v) is 14.1. The van der Waals surface area contributed by atoms with Crippen LogP contribution in [-0.4, -0.2) is 48.0 Å². The quantitative estimate of drug-likeness (QED) is 0.0999. The summed E-state index contributed by atoms with van der Waals surface area (Å²) in [4.78, 5) is 41.0. The van der Waals surface area contributed by atoms with E-state index in [2.05, 4.69) is 30.6 Å². The summed E-state index contributed by atoms with van der Waals surface area (Å²) in [6, 6.07) is 33.2. The molecule has 0 aliphatic carbocycles. The average Bonchev–Trinajstić information content (AvgIpc) is 3.77. The zero-order valence-electron chi connectivity index (χ0n) is 33.6. The lowest BCUT2D eigenvalue weighted by molar-refractivity contribution is -0.141. The number of alkyl halides is 3. The third kappa shape index (κ3) is 8.69. The molecule has 0 fully saturated rings. The van der Waals surface area contributed by atoms with E-state index in [1.165, 1.54) is 11.5 Å². The summed E-state index contributed by atoms with van der Waals surface area (Å²) >= 11 is 0. The van der Waals surface area contributed by atoms with Crippen LogP contribution in [0.3, 0.4) is 0 Å². The number of aryl methyl sites for hydroxylation is 2. The number of nitrogens with zero attached hydrogens (tertiary/aromatic N) is 6. The van der Waals surface area contributed by atoms with Crippen molar-refractivity contribution < 1.29 is 27.5 Å². The molecule has 310 valence electrons.